The maximum atomic E-state index is 13.0. The van der Waals surface area contributed by atoms with E-state index in [1.807, 2.05) is 72.8 Å². The van der Waals surface area contributed by atoms with Crippen molar-refractivity contribution in [3.63, 3.8) is 0 Å². The van der Waals surface area contributed by atoms with Gasteiger partial charge in [0.2, 0.25) is 0 Å². The summed E-state index contributed by atoms with van der Waals surface area (Å²) in [5, 5.41) is 20.0. The molecule has 1 atom stereocenters. The van der Waals surface area contributed by atoms with Crippen molar-refractivity contribution in [1.29, 1.82) is 0 Å². The van der Waals surface area contributed by atoms with E-state index in [2.05, 4.69) is 15.4 Å². The molecule has 2 heterocycles. The lowest BCUT2D eigenvalue weighted by Crippen LogP contribution is -2.42. The van der Waals surface area contributed by atoms with Crippen LogP contribution in [-0.4, -0.2) is 31.2 Å². The van der Waals surface area contributed by atoms with Crippen molar-refractivity contribution >= 4 is 22.2 Å². The first-order valence-corrected chi connectivity index (χ1v) is 11.0. The minimum atomic E-state index is -1.21. The summed E-state index contributed by atoms with van der Waals surface area (Å²) in [6.45, 7) is 3.27. The van der Waals surface area contributed by atoms with E-state index in [0.717, 1.165) is 21.9 Å². The van der Waals surface area contributed by atoms with Crippen LogP contribution in [0.25, 0.3) is 27.5 Å². The number of nitrogens with one attached hydrogen (secondary N) is 2. The third-order valence-corrected chi connectivity index (χ3v) is 5.88. The summed E-state index contributed by atoms with van der Waals surface area (Å²) in [5.41, 5.74) is 0.988. The average molecular weight is 453 g/mol. The molecule has 0 saturated carbocycles. The highest BCUT2D eigenvalue weighted by atomic mass is 16.3. The summed E-state index contributed by atoms with van der Waals surface area (Å²) < 4.78 is 1.42. The lowest BCUT2D eigenvalue weighted by atomic mass is 9.92. The number of aromatic amines is 1. The van der Waals surface area contributed by atoms with E-state index in [9.17, 15) is 14.7 Å². The summed E-state index contributed by atoms with van der Waals surface area (Å²) >= 11 is 0. The first-order chi connectivity index (χ1) is 16.3. The van der Waals surface area contributed by atoms with E-state index in [-0.39, 0.29) is 16.8 Å². The van der Waals surface area contributed by atoms with Crippen molar-refractivity contribution in [2.24, 2.45) is 0 Å². The standard InChI is InChI=1S/C27H24N4O3/c1-27(2,34)24(18-9-4-3-5-10-18)29-25(32)21-15-23-26(33)28-22(16-31(23)30-21)20-13-12-17-8-6-7-11-19(17)14-20/h3-16,24,34H,1-2H3,(H,28,33)(H,29,32). The Morgan fingerprint density at radius 1 is 1.00 bits per heavy atom. The van der Waals surface area contributed by atoms with Gasteiger partial charge in [0.1, 0.15) is 5.52 Å². The van der Waals surface area contributed by atoms with Crippen LogP contribution in [-0.2, 0) is 0 Å². The minimum absolute atomic E-state index is 0.0892. The molecular weight excluding hydrogens is 428 g/mol. The largest absolute Gasteiger partial charge is 0.388 e. The number of benzene rings is 3. The Morgan fingerprint density at radius 2 is 1.71 bits per heavy atom. The SMILES string of the molecule is CC(C)(O)C(NC(=O)c1cc2c(=O)[nH]c(-c3ccc4ccccc4c3)cn2n1)c1ccccc1. The van der Waals surface area contributed by atoms with Crippen molar-refractivity contribution in [3.05, 3.63) is 107 Å². The molecule has 5 aromatic rings. The normalized spacial score (nSPS) is 12.7. The molecule has 0 radical (unpaired) electrons. The fourth-order valence-corrected chi connectivity index (χ4v) is 4.14. The van der Waals surface area contributed by atoms with Gasteiger partial charge < -0.3 is 15.4 Å². The summed E-state index contributed by atoms with van der Waals surface area (Å²) in [4.78, 5) is 28.7. The molecule has 2 aromatic heterocycles. The van der Waals surface area contributed by atoms with Crippen LogP contribution < -0.4 is 10.9 Å². The average Bonchev–Trinajstić information content (AvgIpc) is 3.27. The van der Waals surface area contributed by atoms with E-state index in [4.69, 9.17) is 0 Å². The van der Waals surface area contributed by atoms with Gasteiger partial charge in [-0.3, -0.25) is 9.59 Å². The maximum Gasteiger partial charge on any atom is 0.274 e. The maximum absolute atomic E-state index is 13.0. The highest BCUT2D eigenvalue weighted by Gasteiger charge is 2.30. The highest BCUT2D eigenvalue weighted by Crippen LogP contribution is 2.26. The van der Waals surface area contributed by atoms with Crippen LogP contribution in [0.4, 0.5) is 0 Å². The topological polar surface area (TPSA) is 99.5 Å². The van der Waals surface area contributed by atoms with Gasteiger partial charge in [0.15, 0.2) is 5.69 Å². The second kappa shape index (κ2) is 8.28. The third-order valence-electron chi connectivity index (χ3n) is 5.88. The first kappa shape index (κ1) is 21.6. The predicted molar refractivity (Wildman–Crippen MR) is 132 cm³/mol. The Morgan fingerprint density at radius 3 is 2.44 bits per heavy atom. The summed E-state index contributed by atoms with van der Waals surface area (Å²) in [6, 6.07) is 23.9. The molecule has 0 aliphatic heterocycles. The van der Waals surface area contributed by atoms with E-state index >= 15 is 0 Å². The number of hydrogen-bond donors (Lipinski definition) is 3. The zero-order valence-electron chi connectivity index (χ0n) is 18.8. The Labute approximate surface area is 195 Å². The fourth-order valence-electron chi connectivity index (χ4n) is 4.14. The first-order valence-electron chi connectivity index (χ1n) is 11.0. The smallest absolute Gasteiger partial charge is 0.274 e. The number of carbonyl (C=O) groups is 1. The van der Waals surface area contributed by atoms with Crippen LogP contribution in [0.1, 0.15) is 35.9 Å². The fraction of sp³-hybridized carbons (Fsp3) is 0.148. The van der Waals surface area contributed by atoms with Crippen LogP contribution in [0.15, 0.2) is 89.9 Å². The molecule has 5 rings (SSSR count). The van der Waals surface area contributed by atoms with Gasteiger partial charge in [-0.05, 0) is 36.2 Å². The molecular formula is C27H24N4O3. The monoisotopic (exact) mass is 452 g/mol. The van der Waals surface area contributed by atoms with Crippen molar-refractivity contribution in [2.45, 2.75) is 25.5 Å². The summed E-state index contributed by atoms with van der Waals surface area (Å²) in [6.07, 6.45) is 1.70. The highest BCUT2D eigenvalue weighted by molar-refractivity contribution is 5.94. The molecule has 1 amide bonds. The summed E-state index contributed by atoms with van der Waals surface area (Å²) in [7, 11) is 0. The Kier molecular flexibility index (Phi) is 5.26. The zero-order valence-corrected chi connectivity index (χ0v) is 18.8. The van der Waals surface area contributed by atoms with Gasteiger partial charge >= 0.3 is 0 Å². The van der Waals surface area contributed by atoms with Gasteiger partial charge in [-0.25, -0.2) is 4.52 Å². The van der Waals surface area contributed by atoms with Gasteiger partial charge in [-0.15, -0.1) is 0 Å². The minimum Gasteiger partial charge on any atom is -0.388 e. The van der Waals surface area contributed by atoms with Crippen LogP contribution in [0, 0.1) is 0 Å². The van der Waals surface area contributed by atoms with Crippen LogP contribution in [0.5, 0.6) is 0 Å². The quantitative estimate of drug-likeness (QED) is 0.374. The second-order valence-corrected chi connectivity index (χ2v) is 8.89. The molecule has 0 saturated heterocycles. The van der Waals surface area contributed by atoms with Crippen molar-refractivity contribution in [3.8, 4) is 11.3 Å². The number of hydrogen-bond acceptors (Lipinski definition) is 4. The molecule has 1 unspecified atom stereocenters. The van der Waals surface area contributed by atoms with Gasteiger partial charge in [0.05, 0.1) is 23.5 Å². The third kappa shape index (κ3) is 4.09. The molecule has 0 fully saturated rings. The lowest BCUT2D eigenvalue weighted by Gasteiger charge is -2.30. The van der Waals surface area contributed by atoms with E-state index in [1.165, 1.54) is 10.6 Å². The number of aromatic nitrogens is 3. The van der Waals surface area contributed by atoms with Gasteiger partial charge in [-0.2, -0.15) is 5.10 Å². The molecule has 170 valence electrons. The molecule has 7 heteroatoms. The van der Waals surface area contributed by atoms with Crippen LogP contribution in [0.3, 0.4) is 0 Å². The van der Waals surface area contributed by atoms with Gasteiger partial charge in [0, 0.05) is 11.6 Å². The van der Waals surface area contributed by atoms with Gasteiger partial charge in [-0.1, -0.05) is 66.7 Å². The number of fused-ring (bicyclic) bond motifs is 2. The lowest BCUT2D eigenvalue weighted by molar-refractivity contribution is 0.0342. The Bertz CT molecular complexity index is 1560. The number of carbonyl (C=O) groups excluding carboxylic acids is 1. The molecule has 7 nitrogen and oxygen atoms in total. The van der Waals surface area contributed by atoms with Crippen molar-refractivity contribution in [2.75, 3.05) is 0 Å². The Hall–Kier alpha value is -4.23. The van der Waals surface area contributed by atoms with E-state index in [0.29, 0.717) is 5.69 Å². The zero-order chi connectivity index (χ0) is 23.9. The van der Waals surface area contributed by atoms with Crippen molar-refractivity contribution in [1.82, 2.24) is 19.9 Å². The molecule has 0 spiro atoms. The summed E-state index contributed by atoms with van der Waals surface area (Å²) in [5.74, 6) is -0.480. The number of rotatable bonds is 5. The molecule has 3 aromatic carbocycles. The Balaban J connectivity index is 1.49. The van der Waals surface area contributed by atoms with E-state index < -0.39 is 17.6 Å². The molecule has 0 aliphatic rings. The second-order valence-electron chi connectivity index (χ2n) is 8.89. The predicted octanol–water partition coefficient (Wildman–Crippen LogP) is 4.08. The van der Waals surface area contributed by atoms with Crippen LogP contribution in [0.2, 0.25) is 0 Å². The number of nitrogens with zero attached hydrogens (tertiary/aromatic N) is 2. The molecule has 0 bridgehead atoms. The van der Waals surface area contributed by atoms with E-state index in [1.54, 1.807) is 20.0 Å². The van der Waals surface area contributed by atoms with Crippen LogP contribution >= 0.6 is 0 Å². The van der Waals surface area contributed by atoms with Gasteiger partial charge in [0.25, 0.3) is 11.5 Å². The number of amides is 1. The molecule has 3 N–H and O–H groups in total. The van der Waals surface area contributed by atoms with Crippen molar-refractivity contribution < 1.29 is 9.90 Å². The number of aliphatic hydroxyl groups is 1. The molecule has 34 heavy (non-hydrogen) atoms. The number of H-pyrrole nitrogens is 1. The molecule has 0 aliphatic carbocycles.